The van der Waals surface area contributed by atoms with Crippen LogP contribution in [-0.4, -0.2) is 30.1 Å². The summed E-state index contributed by atoms with van der Waals surface area (Å²) >= 11 is 1.97. The number of carbonyl (C=O) groups excluding carboxylic acids is 1. The Kier molecular flexibility index (Phi) is 4.17. The summed E-state index contributed by atoms with van der Waals surface area (Å²) in [5, 5.41) is 4.15. The summed E-state index contributed by atoms with van der Waals surface area (Å²) in [7, 11) is 1.42. The molecular weight excluding hydrogens is 246 g/mol. The average molecular weight is 265 g/mol. The number of esters is 1. The largest absolute Gasteiger partial charge is 0.465 e. The third kappa shape index (κ3) is 2.99. The van der Waals surface area contributed by atoms with E-state index in [1.165, 1.54) is 7.11 Å². The minimum absolute atomic E-state index is 0.278. The molecule has 0 radical (unpaired) electrons. The second-order valence-electron chi connectivity index (χ2n) is 4.76. The first-order chi connectivity index (χ1) is 8.60. The maximum atomic E-state index is 11.8. The molecule has 0 saturated carbocycles. The van der Waals surface area contributed by atoms with Gasteiger partial charge >= 0.3 is 5.97 Å². The zero-order valence-corrected chi connectivity index (χ0v) is 11.8. The summed E-state index contributed by atoms with van der Waals surface area (Å²) in [6.07, 6.45) is 1.14. The first-order valence-electron chi connectivity index (χ1n) is 6.17. The molecule has 1 fully saturated rings. The molecule has 0 amide bonds. The molecule has 1 aromatic carbocycles. The Morgan fingerprint density at radius 1 is 1.50 bits per heavy atom. The highest BCUT2D eigenvalue weighted by Gasteiger charge is 2.23. The number of methoxy groups -OCH3 is 1. The van der Waals surface area contributed by atoms with E-state index in [2.05, 4.69) is 12.2 Å². The maximum Gasteiger partial charge on any atom is 0.339 e. The van der Waals surface area contributed by atoms with Crippen molar-refractivity contribution in [1.29, 1.82) is 0 Å². The van der Waals surface area contributed by atoms with Gasteiger partial charge in [-0.1, -0.05) is 18.6 Å². The number of benzene rings is 1. The number of hydrogen-bond donors (Lipinski definition) is 1. The van der Waals surface area contributed by atoms with Crippen LogP contribution < -0.4 is 5.32 Å². The van der Waals surface area contributed by atoms with E-state index in [9.17, 15) is 4.79 Å². The zero-order chi connectivity index (χ0) is 13.1. The third-order valence-corrected chi connectivity index (χ3v) is 4.49. The summed E-state index contributed by atoms with van der Waals surface area (Å²) < 4.78 is 4.83. The molecule has 1 aromatic rings. The fourth-order valence-corrected chi connectivity index (χ4v) is 3.35. The predicted octanol–water partition coefficient (Wildman–Crippen LogP) is 3.09. The first kappa shape index (κ1) is 13.3. The van der Waals surface area contributed by atoms with Crippen LogP contribution in [0.5, 0.6) is 0 Å². The van der Waals surface area contributed by atoms with E-state index in [1.54, 1.807) is 0 Å². The van der Waals surface area contributed by atoms with Crippen molar-refractivity contribution in [3.05, 3.63) is 29.3 Å². The van der Waals surface area contributed by atoms with Gasteiger partial charge in [0.2, 0.25) is 0 Å². The lowest BCUT2D eigenvalue weighted by atomic mass is 10.1. The molecule has 0 aliphatic carbocycles. The topological polar surface area (TPSA) is 38.3 Å². The molecule has 1 aliphatic heterocycles. The van der Waals surface area contributed by atoms with Crippen LogP contribution in [0.4, 0.5) is 5.69 Å². The van der Waals surface area contributed by atoms with Gasteiger partial charge in [-0.3, -0.25) is 0 Å². The highest BCUT2D eigenvalue weighted by molar-refractivity contribution is 8.00. The van der Waals surface area contributed by atoms with Gasteiger partial charge in [0.25, 0.3) is 0 Å². The molecule has 18 heavy (non-hydrogen) atoms. The Morgan fingerprint density at radius 2 is 2.28 bits per heavy atom. The van der Waals surface area contributed by atoms with E-state index in [-0.39, 0.29) is 5.97 Å². The first-order valence-corrected chi connectivity index (χ1v) is 7.22. The molecule has 2 rings (SSSR count). The number of anilines is 1. The van der Waals surface area contributed by atoms with Crippen molar-refractivity contribution in [2.75, 3.05) is 18.2 Å². The fourth-order valence-electron chi connectivity index (χ4n) is 2.20. The molecule has 1 saturated heterocycles. The van der Waals surface area contributed by atoms with Crippen molar-refractivity contribution in [2.45, 2.75) is 31.6 Å². The van der Waals surface area contributed by atoms with Gasteiger partial charge in [-0.2, -0.15) is 11.8 Å². The summed E-state index contributed by atoms with van der Waals surface area (Å²) in [4.78, 5) is 11.8. The zero-order valence-electron chi connectivity index (χ0n) is 11.0. The number of hydrogen-bond acceptors (Lipinski definition) is 4. The fraction of sp³-hybridized carbons (Fsp3) is 0.500. The number of aryl methyl sites for hydroxylation is 1. The third-order valence-electron chi connectivity index (χ3n) is 3.14. The summed E-state index contributed by atoms with van der Waals surface area (Å²) in [5.74, 6) is 0.815. The molecule has 3 nitrogen and oxygen atoms in total. The van der Waals surface area contributed by atoms with Gasteiger partial charge in [-0.05, 0) is 25.5 Å². The van der Waals surface area contributed by atoms with E-state index < -0.39 is 0 Å². The monoisotopic (exact) mass is 265 g/mol. The van der Waals surface area contributed by atoms with Gasteiger partial charge in [0, 0.05) is 22.7 Å². The Morgan fingerprint density at radius 3 is 2.89 bits per heavy atom. The standard InChI is InChI=1S/C14H19NO2S/c1-9-4-5-13(12(6-9)14(16)17-3)15-11-7-10(2)18-8-11/h4-6,10-11,15H,7-8H2,1-3H3. The molecule has 98 valence electrons. The van der Waals surface area contributed by atoms with E-state index in [4.69, 9.17) is 4.74 Å². The molecule has 1 N–H and O–H groups in total. The summed E-state index contributed by atoms with van der Waals surface area (Å²) in [6, 6.07) is 6.30. The quantitative estimate of drug-likeness (QED) is 0.852. The van der Waals surface area contributed by atoms with Crippen LogP contribution in [0.3, 0.4) is 0 Å². The number of ether oxygens (including phenoxy) is 1. The normalized spacial score (nSPS) is 22.8. The van der Waals surface area contributed by atoms with E-state index in [0.717, 1.165) is 23.4 Å². The maximum absolute atomic E-state index is 11.8. The Hall–Kier alpha value is -1.16. The highest BCUT2D eigenvalue weighted by Crippen LogP contribution is 2.29. The van der Waals surface area contributed by atoms with Gasteiger partial charge < -0.3 is 10.1 Å². The molecule has 0 aromatic heterocycles. The number of thioether (sulfide) groups is 1. The lowest BCUT2D eigenvalue weighted by molar-refractivity contribution is 0.0601. The molecule has 2 unspecified atom stereocenters. The van der Waals surface area contributed by atoms with Crippen LogP contribution in [0.1, 0.15) is 29.3 Å². The van der Waals surface area contributed by atoms with Crippen LogP contribution in [-0.2, 0) is 4.74 Å². The van der Waals surface area contributed by atoms with Crippen molar-refractivity contribution in [3.8, 4) is 0 Å². The van der Waals surface area contributed by atoms with E-state index in [0.29, 0.717) is 16.9 Å². The van der Waals surface area contributed by atoms with Crippen LogP contribution in [0.2, 0.25) is 0 Å². The average Bonchev–Trinajstić information content (AvgIpc) is 2.76. The smallest absolute Gasteiger partial charge is 0.339 e. The van der Waals surface area contributed by atoms with Gasteiger partial charge in [0.1, 0.15) is 0 Å². The SMILES string of the molecule is COC(=O)c1cc(C)ccc1NC1CSC(C)C1. The molecule has 1 heterocycles. The molecule has 4 heteroatoms. The van der Waals surface area contributed by atoms with Gasteiger partial charge in [-0.15, -0.1) is 0 Å². The van der Waals surface area contributed by atoms with Crippen LogP contribution >= 0.6 is 11.8 Å². The van der Waals surface area contributed by atoms with Crippen LogP contribution in [0.15, 0.2) is 18.2 Å². The van der Waals surface area contributed by atoms with E-state index in [1.807, 2.05) is 36.9 Å². The number of rotatable bonds is 3. The Labute approximate surface area is 112 Å². The number of nitrogens with one attached hydrogen (secondary N) is 1. The molecular formula is C14H19NO2S. The molecule has 2 atom stereocenters. The van der Waals surface area contributed by atoms with Crippen molar-refractivity contribution in [2.24, 2.45) is 0 Å². The van der Waals surface area contributed by atoms with Crippen LogP contribution in [0, 0.1) is 6.92 Å². The Balaban J connectivity index is 2.18. The van der Waals surface area contributed by atoms with Gasteiger partial charge in [0.15, 0.2) is 0 Å². The summed E-state index contributed by atoms with van der Waals surface area (Å²) in [5.41, 5.74) is 2.57. The minimum atomic E-state index is -0.278. The highest BCUT2D eigenvalue weighted by atomic mass is 32.2. The van der Waals surface area contributed by atoms with Gasteiger partial charge in [-0.25, -0.2) is 4.79 Å². The summed E-state index contributed by atoms with van der Waals surface area (Å²) in [6.45, 7) is 4.21. The number of carbonyl (C=O) groups is 1. The van der Waals surface area contributed by atoms with Crippen molar-refractivity contribution in [1.82, 2.24) is 0 Å². The second kappa shape index (κ2) is 5.65. The predicted molar refractivity (Wildman–Crippen MR) is 76.5 cm³/mol. The van der Waals surface area contributed by atoms with Gasteiger partial charge in [0.05, 0.1) is 12.7 Å². The van der Waals surface area contributed by atoms with Crippen LogP contribution in [0.25, 0.3) is 0 Å². The molecule has 1 aliphatic rings. The lowest BCUT2D eigenvalue weighted by Gasteiger charge is -2.16. The minimum Gasteiger partial charge on any atom is -0.465 e. The van der Waals surface area contributed by atoms with Crippen molar-refractivity contribution >= 4 is 23.4 Å². The van der Waals surface area contributed by atoms with E-state index >= 15 is 0 Å². The second-order valence-corrected chi connectivity index (χ2v) is 6.23. The lowest BCUT2D eigenvalue weighted by Crippen LogP contribution is -2.21. The van der Waals surface area contributed by atoms with Crippen molar-refractivity contribution < 1.29 is 9.53 Å². The molecule has 0 bridgehead atoms. The molecule has 0 spiro atoms. The van der Waals surface area contributed by atoms with Crippen molar-refractivity contribution in [3.63, 3.8) is 0 Å². The Bertz CT molecular complexity index is 447.